The van der Waals surface area contributed by atoms with Crippen molar-refractivity contribution in [2.24, 2.45) is 0 Å². The number of ketones is 2. The highest BCUT2D eigenvalue weighted by Gasteiger charge is 2.38. The zero-order valence-electron chi connectivity index (χ0n) is 15.9. The third-order valence-corrected chi connectivity index (χ3v) is 5.36. The second kappa shape index (κ2) is 5.61. The summed E-state index contributed by atoms with van der Waals surface area (Å²) < 4.78 is 11.3. The predicted molar refractivity (Wildman–Crippen MR) is 106 cm³/mol. The molecule has 6 nitrogen and oxygen atoms in total. The molecule has 0 bridgehead atoms. The van der Waals surface area contributed by atoms with Crippen molar-refractivity contribution in [1.29, 1.82) is 0 Å². The molecule has 0 atom stereocenters. The highest BCUT2D eigenvalue weighted by molar-refractivity contribution is 6.33. The number of rotatable bonds is 1. The van der Waals surface area contributed by atoms with Crippen LogP contribution in [0.15, 0.2) is 34.7 Å². The van der Waals surface area contributed by atoms with Crippen LogP contribution in [0.2, 0.25) is 0 Å². The topological polar surface area (TPSA) is 97.0 Å². The minimum atomic E-state index is -0.549. The minimum absolute atomic E-state index is 0.0160. The summed E-state index contributed by atoms with van der Waals surface area (Å²) in [6, 6.07) is 8.04. The van der Waals surface area contributed by atoms with E-state index in [9.17, 15) is 19.8 Å². The van der Waals surface area contributed by atoms with Gasteiger partial charge >= 0.3 is 0 Å². The number of benzene rings is 3. The number of aryl methyl sites for hydroxylation is 2. The van der Waals surface area contributed by atoms with Crippen molar-refractivity contribution in [2.45, 2.75) is 13.8 Å². The molecule has 0 fully saturated rings. The van der Waals surface area contributed by atoms with Crippen molar-refractivity contribution in [1.82, 2.24) is 0 Å². The summed E-state index contributed by atoms with van der Waals surface area (Å²) in [7, 11) is 1.47. The molecule has 1 aliphatic carbocycles. The molecule has 0 saturated carbocycles. The van der Waals surface area contributed by atoms with Crippen LogP contribution in [0.4, 0.5) is 0 Å². The molecular formula is C23H16O6. The number of phenols is 2. The van der Waals surface area contributed by atoms with Crippen LogP contribution in [0.3, 0.4) is 0 Å². The molecule has 144 valence electrons. The Bertz CT molecular complexity index is 1410. The number of phenolic OH excluding ortho intramolecular Hbond substituents is 2. The first kappa shape index (κ1) is 17.3. The number of carbonyl (C=O) groups is 2. The number of ether oxygens (including phenoxy) is 1. The molecule has 0 unspecified atom stereocenters. The van der Waals surface area contributed by atoms with Crippen molar-refractivity contribution in [2.75, 3.05) is 7.11 Å². The maximum absolute atomic E-state index is 13.3. The SMILES string of the molecule is COc1cc2c3c(oc2c2cc(C)cc(O)c12)C(=O)c1c(O)cc(C)cc1C3=O. The first-order valence-corrected chi connectivity index (χ1v) is 9.01. The Labute approximate surface area is 164 Å². The normalized spacial score (nSPS) is 13.1. The lowest BCUT2D eigenvalue weighted by atomic mass is 9.85. The smallest absolute Gasteiger partial charge is 0.233 e. The van der Waals surface area contributed by atoms with Crippen LogP contribution in [-0.4, -0.2) is 28.9 Å². The molecule has 0 radical (unpaired) electrons. The Morgan fingerprint density at radius 3 is 2.24 bits per heavy atom. The summed E-state index contributed by atoms with van der Waals surface area (Å²) in [6.07, 6.45) is 0. The Morgan fingerprint density at radius 2 is 1.52 bits per heavy atom. The summed E-state index contributed by atoms with van der Waals surface area (Å²) in [5.41, 5.74) is 2.01. The quantitative estimate of drug-likeness (QED) is 0.442. The molecular weight excluding hydrogens is 372 g/mol. The van der Waals surface area contributed by atoms with Gasteiger partial charge in [-0.3, -0.25) is 9.59 Å². The fourth-order valence-corrected chi connectivity index (χ4v) is 4.17. The molecule has 5 rings (SSSR count). The van der Waals surface area contributed by atoms with E-state index in [1.54, 1.807) is 31.2 Å². The molecule has 1 aliphatic rings. The van der Waals surface area contributed by atoms with Crippen LogP contribution < -0.4 is 4.74 Å². The van der Waals surface area contributed by atoms with Crippen LogP contribution in [0, 0.1) is 13.8 Å². The van der Waals surface area contributed by atoms with E-state index < -0.39 is 11.6 Å². The number of furan rings is 1. The van der Waals surface area contributed by atoms with Gasteiger partial charge in [0.1, 0.15) is 22.8 Å². The van der Waals surface area contributed by atoms with Crippen molar-refractivity contribution >= 4 is 33.3 Å². The molecule has 4 aromatic rings. The molecule has 2 N–H and O–H groups in total. The lowest BCUT2D eigenvalue weighted by Crippen LogP contribution is -2.19. The average Bonchev–Trinajstić information content (AvgIpc) is 3.04. The van der Waals surface area contributed by atoms with E-state index in [4.69, 9.17) is 9.15 Å². The molecule has 0 saturated heterocycles. The number of methoxy groups -OCH3 is 1. The molecule has 0 spiro atoms. The van der Waals surface area contributed by atoms with Crippen LogP contribution >= 0.6 is 0 Å². The zero-order chi connectivity index (χ0) is 20.6. The van der Waals surface area contributed by atoms with Crippen LogP contribution in [0.25, 0.3) is 21.7 Å². The first-order chi connectivity index (χ1) is 13.8. The van der Waals surface area contributed by atoms with Gasteiger partial charge in [0.15, 0.2) is 11.5 Å². The van der Waals surface area contributed by atoms with Crippen LogP contribution in [0.1, 0.15) is 43.2 Å². The third kappa shape index (κ3) is 2.17. The molecule has 1 heterocycles. The Hall–Kier alpha value is -3.80. The standard InChI is InChI=1S/C23H16O6/c1-9-4-11-18(15(25)7-9)21(27)23-19(20(11)26)13-8-16(28-3)17-12(22(13)29-23)5-10(2)6-14(17)24/h4-8,24-25H,1-3H3. The fourth-order valence-electron chi connectivity index (χ4n) is 4.17. The van der Waals surface area contributed by atoms with E-state index in [1.165, 1.54) is 13.2 Å². The summed E-state index contributed by atoms with van der Waals surface area (Å²) in [5.74, 6) is -0.931. The van der Waals surface area contributed by atoms with Gasteiger partial charge in [0.25, 0.3) is 0 Å². The van der Waals surface area contributed by atoms with E-state index >= 15 is 0 Å². The molecule has 0 amide bonds. The van der Waals surface area contributed by atoms with E-state index in [0.29, 0.717) is 33.1 Å². The van der Waals surface area contributed by atoms with E-state index in [1.807, 2.05) is 6.92 Å². The van der Waals surface area contributed by atoms with Gasteiger partial charge in [-0.15, -0.1) is 0 Å². The molecule has 29 heavy (non-hydrogen) atoms. The Morgan fingerprint density at radius 1 is 0.828 bits per heavy atom. The van der Waals surface area contributed by atoms with Gasteiger partial charge in [0.2, 0.25) is 5.78 Å². The van der Waals surface area contributed by atoms with Crippen LogP contribution in [-0.2, 0) is 0 Å². The fraction of sp³-hybridized carbons (Fsp3) is 0.130. The maximum Gasteiger partial charge on any atom is 0.233 e. The highest BCUT2D eigenvalue weighted by atomic mass is 16.5. The first-order valence-electron chi connectivity index (χ1n) is 9.01. The van der Waals surface area contributed by atoms with Crippen LogP contribution in [0.5, 0.6) is 17.2 Å². The largest absolute Gasteiger partial charge is 0.507 e. The maximum atomic E-state index is 13.3. The zero-order valence-corrected chi connectivity index (χ0v) is 15.9. The van der Waals surface area contributed by atoms with Gasteiger partial charge in [-0.25, -0.2) is 0 Å². The molecule has 1 aromatic heterocycles. The van der Waals surface area contributed by atoms with Crippen molar-refractivity contribution in [3.05, 3.63) is 63.9 Å². The van der Waals surface area contributed by atoms with Gasteiger partial charge in [0.05, 0.1) is 23.6 Å². The molecule has 3 aromatic carbocycles. The Balaban J connectivity index is 1.95. The second-order valence-electron chi connectivity index (χ2n) is 7.33. The predicted octanol–water partition coefficient (Wildman–Crippen LogP) is 4.40. The van der Waals surface area contributed by atoms with Crippen molar-refractivity contribution < 1.29 is 29.0 Å². The number of fused-ring (bicyclic) bond motifs is 6. The van der Waals surface area contributed by atoms with E-state index in [-0.39, 0.29) is 33.9 Å². The third-order valence-electron chi connectivity index (χ3n) is 5.36. The lowest BCUT2D eigenvalue weighted by molar-refractivity contribution is 0.0959. The van der Waals surface area contributed by atoms with Crippen molar-refractivity contribution in [3.63, 3.8) is 0 Å². The van der Waals surface area contributed by atoms with Crippen molar-refractivity contribution in [3.8, 4) is 17.2 Å². The summed E-state index contributed by atoms with van der Waals surface area (Å²) in [5, 5.41) is 22.1. The van der Waals surface area contributed by atoms with Gasteiger partial charge in [-0.05, 0) is 55.3 Å². The number of hydrogen-bond acceptors (Lipinski definition) is 6. The van der Waals surface area contributed by atoms with Gasteiger partial charge < -0.3 is 19.4 Å². The number of aromatic hydroxyl groups is 2. The Kier molecular flexibility index (Phi) is 3.35. The molecule has 0 aliphatic heterocycles. The molecule has 6 heteroatoms. The summed E-state index contributed by atoms with van der Waals surface area (Å²) in [4.78, 5) is 26.4. The summed E-state index contributed by atoms with van der Waals surface area (Å²) in [6.45, 7) is 3.56. The number of hydrogen-bond donors (Lipinski definition) is 2. The summed E-state index contributed by atoms with van der Waals surface area (Å²) >= 11 is 0. The lowest BCUT2D eigenvalue weighted by Gasteiger charge is -2.15. The minimum Gasteiger partial charge on any atom is -0.507 e. The second-order valence-corrected chi connectivity index (χ2v) is 7.33. The van der Waals surface area contributed by atoms with E-state index in [2.05, 4.69) is 0 Å². The average molecular weight is 388 g/mol. The monoisotopic (exact) mass is 388 g/mol. The highest BCUT2D eigenvalue weighted by Crippen LogP contribution is 2.45. The van der Waals surface area contributed by atoms with Gasteiger partial charge in [-0.1, -0.05) is 0 Å². The van der Waals surface area contributed by atoms with E-state index in [0.717, 1.165) is 5.56 Å². The number of carbonyl (C=O) groups excluding carboxylic acids is 2. The van der Waals surface area contributed by atoms with Gasteiger partial charge in [0, 0.05) is 16.3 Å². The van der Waals surface area contributed by atoms with Gasteiger partial charge in [-0.2, -0.15) is 0 Å².